The van der Waals surface area contributed by atoms with Crippen LogP contribution in [0.3, 0.4) is 0 Å². The molecule has 18 heavy (non-hydrogen) atoms. The van der Waals surface area contributed by atoms with Crippen LogP contribution < -0.4 is 0 Å². The second-order valence-corrected chi connectivity index (χ2v) is 6.67. The predicted octanol–water partition coefficient (Wildman–Crippen LogP) is -0.986. The van der Waals surface area contributed by atoms with Crippen LogP contribution in [0.4, 0.5) is 4.79 Å². The molecular weight excluding hydrogens is 258 g/mol. The van der Waals surface area contributed by atoms with Gasteiger partial charge in [0.15, 0.2) is 0 Å². The molecule has 2 fully saturated rings. The lowest BCUT2D eigenvalue weighted by molar-refractivity contribution is 0.149. The Bertz CT molecular complexity index is 425. The summed E-state index contributed by atoms with van der Waals surface area (Å²) in [7, 11) is -1.57. The van der Waals surface area contributed by atoms with E-state index >= 15 is 0 Å². The molecule has 0 aromatic rings. The molecule has 0 unspecified atom stereocenters. The fourth-order valence-electron chi connectivity index (χ4n) is 2.44. The highest BCUT2D eigenvalue weighted by Gasteiger charge is 2.41. The van der Waals surface area contributed by atoms with Crippen LogP contribution >= 0.6 is 0 Å². The number of methoxy groups -OCH3 is 1. The van der Waals surface area contributed by atoms with E-state index in [1.165, 1.54) is 10.6 Å². The molecule has 0 bridgehead atoms. The molecule has 0 aromatic heterocycles. The van der Waals surface area contributed by atoms with Crippen molar-refractivity contribution >= 4 is 16.1 Å². The molecule has 1 atom stereocenters. The molecule has 0 spiro atoms. The van der Waals surface area contributed by atoms with E-state index in [2.05, 4.69) is 0 Å². The summed E-state index contributed by atoms with van der Waals surface area (Å²) < 4.78 is 29.4. The van der Waals surface area contributed by atoms with E-state index in [9.17, 15) is 13.2 Å². The summed E-state index contributed by atoms with van der Waals surface area (Å²) >= 11 is 0. The van der Waals surface area contributed by atoms with Gasteiger partial charge in [0.25, 0.3) is 0 Å². The van der Waals surface area contributed by atoms with E-state index in [0.29, 0.717) is 39.3 Å². The van der Waals surface area contributed by atoms with E-state index in [4.69, 9.17) is 4.74 Å². The lowest BCUT2D eigenvalue weighted by Gasteiger charge is -2.34. The van der Waals surface area contributed by atoms with Crippen LogP contribution in [-0.2, 0) is 14.8 Å². The molecule has 2 aliphatic heterocycles. The lowest BCUT2D eigenvalue weighted by Crippen LogP contribution is -2.53. The summed E-state index contributed by atoms with van der Waals surface area (Å²) in [6.45, 7) is 2.89. The molecule has 2 rings (SSSR count). The summed E-state index contributed by atoms with van der Waals surface area (Å²) in [6, 6.07) is -0.0389. The average molecular weight is 277 g/mol. The first-order valence-corrected chi connectivity index (χ1v) is 7.78. The average Bonchev–Trinajstić information content (AvgIpc) is 2.62. The normalized spacial score (nSPS) is 25.7. The molecule has 0 N–H and O–H groups in total. The highest BCUT2D eigenvalue weighted by atomic mass is 32.2. The van der Waals surface area contributed by atoms with Gasteiger partial charge in [-0.05, 0) is 0 Å². The van der Waals surface area contributed by atoms with E-state index in [0.717, 1.165) is 0 Å². The van der Waals surface area contributed by atoms with Crippen LogP contribution in [0.5, 0.6) is 0 Å². The van der Waals surface area contributed by atoms with Crippen LogP contribution in [0.2, 0.25) is 0 Å². The molecule has 2 heterocycles. The Hall–Kier alpha value is -0.860. The number of nitrogens with zero attached hydrogens (tertiary/aromatic N) is 3. The highest BCUT2D eigenvalue weighted by molar-refractivity contribution is 7.88. The highest BCUT2D eigenvalue weighted by Crippen LogP contribution is 2.21. The van der Waals surface area contributed by atoms with Crippen LogP contribution in [-0.4, -0.2) is 87.3 Å². The minimum atomic E-state index is -3.16. The molecule has 0 aliphatic carbocycles. The van der Waals surface area contributed by atoms with Crippen molar-refractivity contribution in [3.8, 4) is 0 Å². The number of hydrogen-bond acceptors (Lipinski definition) is 4. The summed E-state index contributed by atoms with van der Waals surface area (Å²) in [5, 5.41) is 0. The van der Waals surface area contributed by atoms with Gasteiger partial charge in [0.05, 0.1) is 18.9 Å². The van der Waals surface area contributed by atoms with E-state index in [-0.39, 0.29) is 12.1 Å². The first-order chi connectivity index (χ1) is 8.43. The van der Waals surface area contributed by atoms with Crippen LogP contribution in [0.25, 0.3) is 0 Å². The number of hydrogen-bond donors (Lipinski definition) is 0. The van der Waals surface area contributed by atoms with Crippen molar-refractivity contribution < 1.29 is 17.9 Å². The molecule has 7 nitrogen and oxygen atoms in total. The standard InChI is InChI=1S/C10H19N3O4S/c1-17-6-5-11-7-9-8-12(18(2,15)16)3-4-13(9)10(11)14/h9H,3-8H2,1-2H3/t9-/m0/s1. The molecule has 0 radical (unpaired) electrons. The number of amides is 2. The Labute approximate surface area is 107 Å². The topological polar surface area (TPSA) is 70.2 Å². The summed E-state index contributed by atoms with van der Waals surface area (Å²) in [5.41, 5.74) is 0. The van der Waals surface area contributed by atoms with Gasteiger partial charge in [0.2, 0.25) is 10.0 Å². The van der Waals surface area contributed by atoms with Gasteiger partial charge in [0, 0.05) is 39.8 Å². The van der Waals surface area contributed by atoms with Gasteiger partial charge in [-0.2, -0.15) is 4.31 Å². The van der Waals surface area contributed by atoms with Crippen molar-refractivity contribution in [2.24, 2.45) is 0 Å². The lowest BCUT2D eigenvalue weighted by atomic mass is 10.2. The SMILES string of the molecule is COCCN1C[C@H]2CN(S(C)(=O)=O)CCN2C1=O. The van der Waals surface area contributed by atoms with Gasteiger partial charge >= 0.3 is 6.03 Å². The zero-order valence-corrected chi connectivity index (χ0v) is 11.5. The quantitative estimate of drug-likeness (QED) is 0.662. The summed E-state index contributed by atoms with van der Waals surface area (Å²) in [5.74, 6) is 0. The van der Waals surface area contributed by atoms with E-state index in [1.807, 2.05) is 0 Å². The van der Waals surface area contributed by atoms with Crippen LogP contribution in [0, 0.1) is 0 Å². The number of sulfonamides is 1. The Morgan fingerprint density at radius 3 is 2.67 bits per heavy atom. The van der Waals surface area contributed by atoms with Crippen molar-refractivity contribution in [3.63, 3.8) is 0 Å². The number of fused-ring (bicyclic) bond motifs is 1. The predicted molar refractivity (Wildman–Crippen MR) is 65.8 cm³/mol. The third kappa shape index (κ3) is 2.60. The fraction of sp³-hybridized carbons (Fsp3) is 0.900. The van der Waals surface area contributed by atoms with Gasteiger partial charge < -0.3 is 14.5 Å². The molecule has 8 heteroatoms. The Morgan fingerprint density at radius 1 is 1.33 bits per heavy atom. The number of carbonyl (C=O) groups is 1. The molecular formula is C10H19N3O4S. The van der Waals surface area contributed by atoms with E-state index in [1.54, 1.807) is 16.9 Å². The van der Waals surface area contributed by atoms with Crippen molar-refractivity contribution in [1.29, 1.82) is 0 Å². The second-order valence-electron chi connectivity index (χ2n) is 4.69. The van der Waals surface area contributed by atoms with Crippen LogP contribution in [0.1, 0.15) is 0 Å². The van der Waals surface area contributed by atoms with Gasteiger partial charge in [-0.1, -0.05) is 0 Å². The number of carbonyl (C=O) groups excluding carboxylic acids is 1. The maximum absolute atomic E-state index is 12.0. The Balaban J connectivity index is 2.01. The van der Waals surface area contributed by atoms with Gasteiger partial charge in [-0.15, -0.1) is 0 Å². The minimum absolute atomic E-state index is 0.00907. The molecule has 2 aliphatic rings. The zero-order valence-electron chi connectivity index (χ0n) is 10.7. The number of piperazine rings is 1. The number of urea groups is 1. The maximum atomic E-state index is 12.0. The maximum Gasteiger partial charge on any atom is 0.320 e. The fourth-order valence-corrected chi connectivity index (χ4v) is 3.29. The van der Waals surface area contributed by atoms with Crippen molar-refractivity contribution in [2.45, 2.75) is 6.04 Å². The molecule has 2 saturated heterocycles. The molecule has 2 amide bonds. The first kappa shape index (κ1) is 13.6. The third-order valence-corrected chi connectivity index (χ3v) is 4.70. The Kier molecular flexibility index (Phi) is 3.79. The van der Waals surface area contributed by atoms with Gasteiger partial charge in [-0.3, -0.25) is 0 Å². The number of rotatable bonds is 4. The monoisotopic (exact) mass is 277 g/mol. The third-order valence-electron chi connectivity index (χ3n) is 3.43. The zero-order chi connectivity index (χ0) is 13.3. The summed E-state index contributed by atoms with van der Waals surface area (Å²) in [6.07, 6.45) is 1.21. The molecule has 0 saturated carbocycles. The largest absolute Gasteiger partial charge is 0.383 e. The second kappa shape index (κ2) is 5.02. The van der Waals surface area contributed by atoms with Crippen LogP contribution in [0.15, 0.2) is 0 Å². The summed E-state index contributed by atoms with van der Waals surface area (Å²) in [4.78, 5) is 15.5. The van der Waals surface area contributed by atoms with Crippen molar-refractivity contribution in [3.05, 3.63) is 0 Å². The first-order valence-electron chi connectivity index (χ1n) is 5.93. The Morgan fingerprint density at radius 2 is 2.06 bits per heavy atom. The van der Waals surface area contributed by atoms with Gasteiger partial charge in [-0.25, -0.2) is 13.2 Å². The molecule has 104 valence electrons. The molecule has 0 aromatic carbocycles. The minimum Gasteiger partial charge on any atom is -0.383 e. The van der Waals surface area contributed by atoms with E-state index < -0.39 is 10.0 Å². The van der Waals surface area contributed by atoms with Gasteiger partial charge in [0.1, 0.15) is 0 Å². The van der Waals surface area contributed by atoms with Crippen molar-refractivity contribution in [2.75, 3.05) is 52.7 Å². The van der Waals surface area contributed by atoms with Crippen molar-refractivity contribution in [1.82, 2.24) is 14.1 Å². The smallest absolute Gasteiger partial charge is 0.320 e. The number of ether oxygens (including phenoxy) is 1.